The maximum atomic E-state index is 9.86. The zero-order valence-corrected chi connectivity index (χ0v) is 12.9. The molecule has 1 N–H and O–H groups in total. The molecule has 1 aliphatic rings. The molecule has 0 aliphatic carbocycles. The van der Waals surface area contributed by atoms with Crippen LogP contribution in [0.25, 0.3) is 0 Å². The van der Waals surface area contributed by atoms with E-state index in [2.05, 4.69) is 30.9 Å². The third kappa shape index (κ3) is 3.81. The van der Waals surface area contributed by atoms with Crippen molar-refractivity contribution >= 4 is 0 Å². The Kier molecular flexibility index (Phi) is 5.58. The molecule has 3 nitrogen and oxygen atoms in total. The molecule has 2 rings (SSSR count). The van der Waals surface area contributed by atoms with Gasteiger partial charge in [0.05, 0.1) is 12.1 Å². The second-order valence-corrected chi connectivity index (χ2v) is 5.95. The van der Waals surface area contributed by atoms with Gasteiger partial charge in [-0.3, -0.25) is 4.90 Å². The second kappa shape index (κ2) is 7.21. The summed E-state index contributed by atoms with van der Waals surface area (Å²) >= 11 is 0. The number of hydrogen-bond acceptors (Lipinski definition) is 2. The van der Waals surface area contributed by atoms with Gasteiger partial charge in [-0.25, -0.2) is 5.32 Å². The van der Waals surface area contributed by atoms with Gasteiger partial charge in [-0.05, 0) is 44.4 Å². The fourth-order valence-electron chi connectivity index (χ4n) is 2.75. The SMILES string of the molecule is CCC(O)c1ccc(C2CN(C(C)C)CCC[N]2)cc1. The lowest BCUT2D eigenvalue weighted by atomic mass is 10.0. The highest BCUT2D eigenvalue weighted by molar-refractivity contribution is 5.26. The number of rotatable bonds is 4. The van der Waals surface area contributed by atoms with Crippen molar-refractivity contribution in [3.05, 3.63) is 35.4 Å². The predicted molar refractivity (Wildman–Crippen MR) is 82.8 cm³/mol. The van der Waals surface area contributed by atoms with Crippen LogP contribution in [-0.4, -0.2) is 35.7 Å². The first-order valence-corrected chi connectivity index (χ1v) is 7.80. The summed E-state index contributed by atoms with van der Waals surface area (Å²) in [7, 11) is 0. The van der Waals surface area contributed by atoms with Gasteiger partial charge in [0.15, 0.2) is 0 Å². The third-order valence-electron chi connectivity index (χ3n) is 4.18. The Bertz CT molecular complexity index is 402. The number of aliphatic hydroxyl groups excluding tert-OH is 1. The monoisotopic (exact) mass is 275 g/mol. The van der Waals surface area contributed by atoms with Crippen molar-refractivity contribution < 1.29 is 5.11 Å². The Morgan fingerprint density at radius 1 is 1.30 bits per heavy atom. The lowest BCUT2D eigenvalue weighted by Gasteiger charge is -2.27. The minimum absolute atomic E-state index is 0.271. The van der Waals surface area contributed by atoms with Gasteiger partial charge in [0, 0.05) is 19.1 Å². The Labute approximate surface area is 123 Å². The summed E-state index contributed by atoms with van der Waals surface area (Å²) in [6, 6.07) is 9.20. The molecule has 0 saturated carbocycles. The van der Waals surface area contributed by atoms with Gasteiger partial charge in [-0.15, -0.1) is 0 Å². The second-order valence-electron chi connectivity index (χ2n) is 5.95. The summed E-state index contributed by atoms with van der Waals surface area (Å²) in [5, 5.41) is 14.7. The van der Waals surface area contributed by atoms with E-state index in [0.717, 1.165) is 38.0 Å². The summed E-state index contributed by atoms with van der Waals surface area (Å²) < 4.78 is 0. The molecule has 111 valence electrons. The van der Waals surface area contributed by atoms with Crippen molar-refractivity contribution in [3.63, 3.8) is 0 Å². The molecule has 0 aromatic heterocycles. The topological polar surface area (TPSA) is 37.6 Å². The predicted octanol–water partition coefficient (Wildman–Crippen LogP) is 2.89. The quantitative estimate of drug-likeness (QED) is 0.917. The molecular weight excluding hydrogens is 248 g/mol. The molecule has 1 fully saturated rings. The fraction of sp³-hybridized carbons (Fsp3) is 0.647. The fourth-order valence-corrected chi connectivity index (χ4v) is 2.75. The summed E-state index contributed by atoms with van der Waals surface area (Å²) in [5.41, 5.74) is 2.27. The van der Waals surface area contributed by atoms with Gasteiger partial charge >= 0.3 is 0 Å². The van der Waals surface area contributed by atoms with Crippen molar-refractivity contribution in [2.75, 3.05) is 19.6 Å². The van der Waals surface area contributed by atoms with E-state index in [-0.39, 0.29) is 12.1 Å². The van der Waals surface area contributed by atoms with E-state index < -0.39 is 0 Å². The van der Waals surface area contributed by atoms with Crippen LogP contribution in [0.5, 0.6) is 0 Å². The lowest BCUT2D eigenvalue weighted by Crippen LogP contribution is -2.34. The van der Waals surface area contributed by atoms with Crippen LogP contribution in [0.4, 0.5) is 0 Å². The minimum atomic E-state index is -0.345. The molecule has 1 aliphatic heterocycles. The van der Waals surface area contributed by atoms with Gasteiger partial charge in [0.25, 0.3) is 0 Å². The van der Waals surface area contributed by atoms with E-state index in [1.54, 1.807) is 0 Å². The first kappa shape index (κ1) is 15.5. The molecule has 1 saturated heterocycles. The Morgan fingerprint density at radius 2 is 2.00 bits per heavy atom. The minimum Gasteiger partial charge on any atom is -0.388 e. The van der Waals surface area contributed by atoms with Crippen LogP contribution in [0.3, 0.4) is 0 Å². The smallest absolute Gasteiger partial charge is 0.0787 e. The molecule has 1 radical (unpaired) electrons. The lowest BCUT2D eigenvalue weighted by molar-refractivity contribution is 0.173. The summed E-state index contributed by atoms with van der Waals surface area (Å²) in [5.74, 6) is 0. The van der Waals surface area contributed by atoms with E-state index in [9.17, 15) is 5.11 Å². The van der Waals surface area contributed by atoms with Crippen LogP contribution < -0.4 is 5.32 Å². The number of aliphatic hydroxyl groups is 1. The van der Waals surface area contributed by atoms with Crippen molar-refractivity contribution in [2.24, 2.45) is 0 Å². The molecule has 1 aromatic rings. The van der Waals surface area contributed by atoms with E-state index >= 15 is 0 Å². The number of benzene rings is 1. The highest BCUT2D eigenvalue weighted by atomic mass is 16.3. The normalized spacial score (nSPS) is 22.8. The molecular formula is C17H27N2O. The summed E-state index contributed by atoms with van der Waals surface area (Å²) in [4.78, 5) is 2.51. The van der Waals surface area contributed by atoms with Crippen LogP contribution in [-0.2, 0) is 0 Å². The average molecular weight is 275 g/mol. The van der Waals surface area contributed by atoms with Gasteiger partial charge < -0.3 is 5.11 Å². The van der Waals surface area contributed by atoms with Crippen molar-refractivity contribution in [1.29, 1.82) is 0 Å². The van der Waals surface area contributed by atoms with Gasteiger partial charge in [-0.1, -0.05) is 31.2 Å². The highest BCUT2D eigenvalue weighted by Crippen LogP contribution is 2.23. The Hall–Kier alpha value is -0.900. The van der Waals surface area contributed by atoms with E-state index in [1.807, 2.05) is 19.1 Å². The molecule has 3 heteroatoms. The average Bonchev–Trinajstić information content (AvgIpc) is 2.72. The van der Waals surface area contributed by atoms with E-state index in [0.29, 0.717) is 6.04 Å². The van der Waals surface area contributed by atoms with Crippen LogP contribution in [0, 0.1) is 0 Å². The molecule has 0 spiro atoms. The molecule has 20 heavy (non-hydrogen) atoms. The molecule has 0 bridgehead atoms. The largest absolute Gasteiger partial charge is 0.388 e. The summed E-state index contributed by atoms with van der Waals surface area (Å²) in [6.07, 6.45) is 1.57. The van der Waals surface area contributed by atoms with Gasteiger partial charge in [-0.2, -0.15) is 0 Å². The molecule has 0 amide bonds. The molecule has 2 unspecified atom stereocenters. The summed E-state index contributed by atoms with van der Waals surface area (Å²) in [6.45, 7) is 9.61. The zero-order valence-electron chi connectivity index (χ0n) is 12.9. The molecule has 1 aromatic carbocycles. The van der Waals surface area contributed by atoms with Crippen LogP contribution in [0.1, 0.15) is 56.9 Å². The maximum absolute atomic E-state index is 9.86. The van der Waals surface area contributed by atoms with Crippen molar-refractivity contribution in [2.45, 2.75) is 51.8 Å². The van der Waals surface area contributed by atoms with Gasteiger partial charge in [0.2, 0.25) is 0 Å². The zero-order chi connectivity index (χ0) is 14.5. The van der Waals surface area contributed by atoms with Crippen LogP contribution in [0.2, 0.25) is 0 Å². The van der Waals surface area contributed by atoms with E-state index in [4.69, 9.17) is 5.32 Å². The van der Waals surface area contributed by atoms with Crippen molar-refractivity contribution in [3.8, 4) is 0 Å². The maximum Gasteiger partial charge on any atom is 0.0787 e. The molecule has 2 atom stereocenters. The number of nitrogens with zero attached hydrogens (tertiary/aromatic N) is 2. The first-order chi connectivity index (χ1) is 9.61. The Balaban J connectivity index is 2.09. The highest BCUT2D eigenvalue weighted by Gasteiger charge is 2.21. The standard InChI is InChI=1S/C17H27N2O/c1-4-17(20)15-8-6-14(7-9-15)16-12-19(13(2)3)11-5-10-18-16/h6-9,13,16-17,20H,4-5,10-12H2,1-3H3. The van der Waals surface area contributed by atoms with Crippen LogP contribution in [0.15, 0.2) is 24.3 Å². The first-order valence-electron chi connectivity index (χ1n) is 7.80. The molecule has 1 heterocycles. The van der Waals surface area contributed by atoms with Crippen molar-refractivity contribution in [1.82, 2.24) is 10.2 Å². The van der Waals surface area contributed by atoms with Gasteiger partial charge in [0.1, 0.15) is 0 Å². The Morgan fingerprint density at radius 3 is 2.60 bits per heavy atom. The number of hydrogen-bond donors (Lipinski definition) is 1. The van der Waals surface area contributed by atoms with E-state index in [1.165, 1.54) is 5.56 Å². The van der Waals surface area contributed by atoms with Crippen LogP contribution >= 0.6 is 0 Å². The third-order valence-corrected chi connectivity index (χ3v) is 4.18.